The number of rotatable bonds is 36. The van der Waals surface area contributed by atoms with Gasteiger partial charge in [-0.15, -0.1) is 0 Å². The Morgan fingerprint density at radius 2 is 0.957 bits per heavy atom. The summed E-state index contributed by atoms with van der Waals surface area (Å²) in [4.78, 5) is 28.2. The molecule has 0 atom stereocenters. The standard InChI is InChI=1S/C41H76N2O4/c1-4-6-8-10-12-14-16-18-20-22-24-26-28-30-32-34-39(47-41(45)37-36-40(42-38-44)43-46-3)35-33-31-29-27-25-23-21-19-17-15-13-11-9-7-5-2/h18-21,38-39H,4-17,22-37H2,1-3H3,(H,42,43,44)/b20-18-,21-19-. The van der Waals surface area contributed by atoms with E-state index in [9.17, 15) is 9.59 Å². The van der Waals surface area contributed by atoms with Crippen LogP contribution in [0.3, 0.4) is 0 Å². The summed E-state index contributed by atoms with van der Waals surface area (Å²) in [5.74, 6) is 0.109. The summed E-state index contributed by atoms with van der Waals surface area (Å²) in [5, 5.41) is 6.25. The molecule has 47 heavy (non-hydrogen) atoms. The molecule has 0 saturated heterocycles. The molecule has 0 aromatic carbocycles. The van der Waals surface area contributed by atoms with E-state index in [4.69, 9.17) is 9.57 Å². The number of oxime groups is 1. The van der Waals surface area contributed by atoms with Crippen molar-refractivity contribution in [3.63, 3.8) is 0 Å². The Labute approximate surface area is 291 Å². The number of amides is 1. The van der Waals surface area contributed by atoms with E-state index in [0.717, 1.165) is 25.7 Å². The number of amidine groups is 1. The monoisotopic (exact) mass is 661 g/mol. The predicted octanol–water partition coefficient (Wildman–Crippen LogP) is 12.5. The van der Waals surface area contributed by atoms with Gasteiger partial charge in [-0.1, -0.05) is 146 Å². The van der Waals surface area contributed by atoms with E-state index in [0.29, 0.717) is 18.7 Å². The quantitative estimate of drug-likeness (QED) is 0.0138. The van der Waals surface area contributed by atoms with Crippen LogP contribution in [0.25, 0.3) is 0 Å². The lowest BCUT2D eigenvalue weighted by molar-refractivity contribution is -0.149. The molecule has 0 aliphatic rings. The van der Waals surface area contributed by atoms with Crippen molar-refractivity contribution in [3.05, 3.63) is 24.3 Å². The zero-order chi connectivity index (χ0) is 34.3. The van der Waals surface area contributed by atoms with Gasteiger partial charge in [-0.05, 0) is 77.0 Å². The third kappa shape index (κ3) is 35.0. The van der Waals surface area contributed by atoms with Crippen LogP contribution in [0.1, 0.15) is 206 Å². The summed E-state index contributed by atoms with van der Waals surface area (Å²) in [6.45, 7) is 4.54. The smallest absolute Gasteiger partial charge is 0.306 e. The number of ether oxygens (including phenoxy) is 1. The van der Waals surface area contributed by atoms with E-state index in [2.05, 4.69) is 48.6 Å². The van der Waals surface area contributed by atoms with Gasteiger partial charge in [0.25, 0.3) is 0 Å². The first-order valence-electron chi connectivity index (χ1n) is 20.0. The minimum atomic E-state index is -0.230. The van der Waals surface area contributed by atoms with Gasteiger partial charge in [-0.3, -0.25) is 9.59 Å². The van der Waals surface area contributed by atoms with Crippen molar-refractivity contribution < 1.29 is 19.2 Å². The molecule has 0 heterocycles. The van der Waals surface area contributed by atoms with Crippen LogP contribution < -0.4 is 5.32 Å². The van der Waals surface area contributed by atoms with E-state index in [1.165, 1.54) is 161 Å². The fraction of sp³-hybridized carbons (Fsp3) is 0.829. The van der Waals surface area contributed by atoms with Gasteiger partial charge in [-0.2, -0.15) is 0 Å². The second kappa shape index (κ2) is 38.3. The highest BCUT2D eigenvalue weighted by Gasteiger charge is 2.15. The number of esters is 1. The molecule has 0 fully saturated rings. The molecule has 6 heteroatoms. The van der Waals surface area contributed by atoms with E-state index < -0.39 is 0 Å². The van der Waals surface area contributed by atoms with E-state index in [1.807, 2.05) is 0 Å². The molecular formula is C41H76N2O4. The summed E-state index contributed by atoms with van der Waals surface area (Å²) in [6, 6.07) is 0. The lowest BCUT2D eigenvalue weighted by atomic mass is 10.0. The Bertz CT molecular complexity index is 725. The number of carbonyl (C=O) groups excluding carboxylic acids is 2. The first kappa shape index (κ1) is 44.9. The van der Waals surface area contributed by atoms with Crippen molar-refractivity contribution in [3.8, 4) is 0 Å². The van der Waals surface area contributed by atoms with Gasteiger partial charge in [-0.25, -0.2) is 0 Å². The molecule has 1 amide bonds. The van der Waals surface area contributed by atoms with Crippen molar-refractivity contribution in [1.82, 2.24) is 5.32 Å². The number of allylic oxidation sites excluding steroid dienone is 4. The van der Waals surface area contributed by atoms with Gasteiger partial charge in [0, 0.05) is 6.42 Å². The molecule has 0 aromatic rings. The molecule has 0 bridgehead atoms. The third-order valence-corrected chi connectivity index (χ3v) is 8.87. The molecular weight excluding hydrogens is 584 g/mol. The van der Waals surface area contributed by atoms with Gasteiger partial charge in [0.2, 0.25) is 6.41 Å². The Balaban J connectivity index is 4.22. The van der Waals surface area contributed by atoms with E-state index in [1.54, 1.807) is 0 Å². The number of carbonyl (C=O) groups is 2. The topological polar surface area (TPSA) is 77.0 Å². The number of unbranched alkanes of at least 4 members (excludes halogenated alkanes) is 22. The van der Waals surface area contributed by atoms with E-state index in [-0.39, 0.29) is 18.5 Å². The normalized spacial score (nSPS) is 12.0. The molecule has 1 N–H and O–H groups in total. The van der Waals surface area contributed by atoms with Crippen molar-refractivity contribution in [1.29, 1.82) is 0 Å². The first-order valence-corrected chi connectivity index (χ1v) is 20.0. The lowest BCUT2D eigenvalue weighted by Crippen LogP contribution is -2.24. The van der Waals surface area contributed by atoms with Crippen molar-refractivity contribution in [2.75, 3.05) is 7.11 Å². The highest BCUT2D eigenvalue weighted by molar-refractivity contribution is 5.91. The summed E-state index contributed by atoms with van der Waals surface area (Å²) in [5.41, 5.74) is 0. The SMILES string of the molecule is CCCCCCCC/C=C\CCCCCCCC(CCCCCCC/C=C\CCCCCCCC)OC(=O)CC/C(=N/OC)NC=O. The molecule has 274 valence electrons. The van der Waals surface area contributed by atoms with Crippen molar-refractivity contribution in [2.45, 2.75) is 213 Å². The Hall–Kier alpha value is -2.11. The molecule has 0 aliphatic heterocycles. The molecule has 0 aliphatic carbocycles. The summed E-state index contributed by atoms with van der Waals surface area (Å²) in [6.07, 6.45) is 45.7. The summed E-state index contributed by atoms with van der Waals surface area (Å²) in [7, 11) is 1.42. The molecule has 0 spiro atoms. The van der Waals surface area contributed by atoms with Gasteiger partial charge in [0.05, 0.1) is 6.42 Å². The van der Waals surface area contributed by atoms with Gasteiger partial charge < -0.3 is 14.9 Å². The predicted molar refractivity (Wildman–Crippen MR) is 202 cm³/mol. The molecule has 0 aromatic heterocycles. The Kier molecular flexibility index (Phi) is 36.6. The lowest BCUT2D eigenvalue weighted by Gasteiger charge is -2.18. The maximum Gasteiger partial charge on any atom is 0.306 e. The Morgan fingerprint density at radius 3 is 1.34 bits per heavy atom. The summed E-state index contributed by atoms with van der Waals surface area (Å²) >= 11 is 0. The first-order chi connectivity index (χ1) is 23.2. The second-order valence-corrected chi connectivity index (χ2v) is 13.3. The van der Waals surface area contributed by atoms with Gasteiger partial charge in [0.1, 0.15) is 19.0 Å². The van der Waals surface area contributed by atoms with Crippen molar-refractivity contribution in [2.24, 2.45) is 5.16 Å². The average molecular weight is 661 g/mol. The number of nitrogens with one attached hydrogen (secondary N) is 1. The van der Waals surface area contributed by atoms with Crippen LogP contribution in [0.2, 0.25) is 0 Å². The second-order valence-electron chi connectivity index (χ2n) is 13.3. The van der Waals surface area contributed by atoms with Gasteiger partial charge in [0.15, 0.2) is 0 Å². The van der Waals surface area contributed by atoms with Crippen LogP contribution in [0.5, 0.6) is 0 Å². The zero-order valence-electron chi connectivity index (χ0n) is 31.3. The minimum absolute atomic E-state index is 0.0286. The number of hydrogen-bond donors (Lipinski definition) is 1. The Morgan fingerprint density at radius 1 is 0.574 bits per heavy atom. The van der Waals surface area contributed by atoms with Crippen LogP contribution in [0.4, 0.5) is 0 Å². The molecule has 6 nitrogen and oxygen atoms in total. The molecule has 0 radical (unpaired) electrons. The largest absolute Gasteiger partial charge is 0.462 e. The zero-order valence-corrected chi connectivity index (χ0v) is 31.3. The molecule has 0 saturated carbocycles. The number of nitrogens with zero attached hydrogens (tertiary/aromatic N) is 1. The van der Waals surface area contributed by atoms with Crippen LogP contribution in [0, 0.1) is 0 Å². The highest BCUT2D eigenvalue weighted by Crippen LogP contribution is 2.18. The maximum atomic E-state index is 12.6. The number of hydrogen-bond acceptors (Lipinski definition) is 5. The minimum Gasteiger partial charge on any atom is -0.462 e. The molecule has 0 rings (SSSR count). The van der Waals surface area contributed by atoms with Crippen LogP contribution in [0.15, 0.2) is 29.5 Å². The highest BCUT2D eigenvalue weighted by atomic mass is 16.6. The maximum absolute atomic E-state index is 12.6. The van der Waals surface area contributed by atoms with E-state index >= 15 is 0 Å². The third-order valence-electron chi connectivity index (χ3n) is 8.87. The fourth-order valence-corrected chi connectivity index (χ4v) is 5.94. The van der Waals surface area contributed by atoms with Crippen LogP contribution in [-0.4, -0.2) is 31.4 Å². The fourth-order valence-electron chi connectivity index (χ4n) is 5.94. The molecule has 0 unspecified atom stereocenters. The summed E-state index contributed by atoms with van der Waals surface area (Å²) < 4.78 is 5.93. The van der Waals surface area contributed by atoms with Crippen LogP contribution >= 0.6 is 0 Å². The van der Waals surface area contributed by atoms with Crippen LogP contribution in [-0.2, 0) is 19.2 Å². The van der Waals surface area contributed by atoms with Gasteiger partial charge >= 0.3 is 5.97 Å². The average Bonchev–Trinajstić information content (AvgIpc) is 3.07. The van der Waals surface area contributed by atoms with Crippen molar-refractivity contribution >= 4 is 18.2 Å².